The standard InChI is InChI=1S/C12H4Cl4O/c13-5-3-6-10-7(14)1-2-8(15)12(10)17-11(6)9(16)4-5/h1-4H. The van der Waals surface area contributed by atoms with E-state index in [0.29, 0.717) is 31.3 Å². The second-order valence-electron chi connectivity index (χ2n) is 3.60. The van der Waals surface area contributed by atoms with Gasteiger partial charge in [0, 0.05) is 15.8 Å². The van der Waals surface area contributed by atoms with E-state index in [9.17, 15) is 0 Å². The van der Waals surface area contributed by atoms with E-state index in [1.54, 1.807) is 24.3 Å². The summed E-state index contributed by atoms with van der Waals surface area (Å²) in [5.41, 5.74) is 1.07. The van der Waals surface area contributed by atoms with E-state index in [1.165, 1.54) is 0 Å². The first kappa shape index (κ1) is 11.5. The van der Waals surface area contributed by atoms with Gasteiger partial charge < -0.3 is 4.42 Å². The lowest BCUT2D eigenvalue weighted by Crippen LogP contribution is -1.72. The average molecular weight is 306 g/mol. The molecule has 17 heavy (non-hydrogen) atoms. The minimum atomic E-state index is 0.441. The molecule has 0 aliphatic rings. The van der Waals surface area contributed by atoms with Crippen LogP contribution in [0.3, 0.4) is 0 Å². The summed E-state index contributed by atoms with van der Waals surface area (Å²) in [7, 11) is 0. The molecule has 0 bridgehead atoms. The highest BCUT2D eigenvalue weighted by Crippen LogP contribution is 2.41. The lowest BCUT2D eigenvalue weighted by atomic mass is 10.1. The van der Waals surface area contributed by atoms with Crippen LogP contribution in [-0.4, -0.2) is 0 Å². The van der Waals surface area contributed by atoms with E-state index < -0.39 is 0 Å². The second kappa shape index (κ2) is 3.96. The molecule has 2 aromatic carbocycles. The van der Waals surface area contributed by atoms with Crippen LogP contribution in [0, 0.1) is 0 Å². The third-order valence-corrected chi connectivity index (χ3v) is 3.65. The van der Waals surface area contributed by atoms with Crippen LogP contribution in [0.2, 0.25) is 20.1 Å². The summed E-state index contributed by atoms with van der Waals surface area (Å²) < 4.78 is 5.64. The molecule has 0 saturated carbocycles. The van der Waals surface area contributed by atoms with Gasteiger partial charge in [-0.05, 0) is 24.3 Å². The highest BCUT2D eigenvalue weighted by molar-refractivity contribution is 6.44. The lowest BCUT2D eigenvalue weighted by Gasteiger charge is -1.96. The molecular weight excluding hydrogens is 302 g/mol. The van der Waals surface area contributed by atoms with Crippen LogP contribution in [0.1, 0.15) is 0 Å². The highest BCUT2D eigenvalue weighted by Gasteiger charge is 2.15. The van der Waals surface area contributed by atoms with E-state index in [4.69, 9.17) is 50.8 Å². The molecule has 0 amide bonds. The predicted octanol–water partition coefficient (Wildman–Crippen LogP) is 6.20. The van der Waals surface area contributed by atoms with Crippen LogP contribution >= 0.6 is 46.4 Å². The summed E-state index contributed by atoms with van der Waals surface area (Å²) in [4.78, 5) is 0. The summed E-state index contributed by atoms with van der Waals surface area (Å²) in [5.74, 6) is 0. The molecule has 3 aromatic rings. The monoisotopic (exact) mass is 304 g/mol. The maximum atomic E-state index is 6.15. The van der Waals surface area contributed by atoms with E-state index in [-0.39, 0.29) is 0 Å². The Morgan fingerprint density at radius 2 is 1.47 bits per heavy atom. The molecule has 1 aromatic heterocycles. The summed E-state index contributed by atoms with van der Waals surface area (Å²) in [6.45, 7) is 0. The highest BCUT2D eigenvalue weighted by atomic mass is 35.5. The van der Waals surface area contributed by atoms with Gasteiger partial charge in [-0.25, -0.2) is 0 Å². The molecule has 0 aliphatic heterocycles. The topological polar surface area (TPSA) is 13.1 Å². The largest absolute Gasteiger partial charge is 0.453 e. The van der Waals surface area contributed by atoms with Crippen molar-refractivity contribution < 1.29 is 4.42 Å². The number of rotatable bonds is 0. The molecule has 0 radical (unpaired) electrons. The Balaban J connectivity index is 2.65. The van der Waals surface area contributed by atoms with Crippen molar-refractivity contribution in [2.75, 3.05) is 0 Å². The van der Waals surface area contributed by atoms with E-state index in [1.807, 2.05) is 0 Å². The number of hydrogen-bond acceptors (Lipinski definition) is 1. The average Bonchev–Trinajstić information content (AvgIpc) is 2.64. The number of furan rings is 1. The van der Waals surface area contributed by atoms with Crippen molar-refractivity contribution in [1.29, 1.82) is 0 Å². The van der Waals surface area contributed by atoms with E-state index in [0.717, 1.165) is 10.8 Å². The Labute approximate surface area is 117 Å². The van der Waals surface area contributed by atoms with Crippen LogP contribution in [-0.2, 0) is 0 Å². The summed E-state index contributed by atoms with van der Waals surface area (Å²) in [6, 6.07) is 6.78. The van der Waals surface area contributed by atoms with Crippen molar-refractivity contribution in [3.05, 3.63) is 44.4 Å². The van der Waals surface area contributed by atoms with Crippen molar-refractivity contribution in [3.63, 3.8) is 0 Å². The molecule has 1 heterocycles. The van der Waals surface area contributed by atoms with Crippen LogP contribution < -0.4 is 0 Å². The molecule has 0 N–H and O–H groups in total. The van der Waals surface area contributed by atoms with Gasteiger partial charge in [0.2, 0.25) is 0 Å². The fourth-order valence-electron chi connectivity index (χ4n) is 1.84. The van der Waals surface area contributed by atoms with E-state index in [2.05, 4.69) is 0 Å². The SMILES string of the molecule is Clc1cc(Cl)c2oc3c(Cl)ccc(Cl)c3c2c1. The molecule has 0 aliphatic carbocycles. The number of hydrogen-bond donors (Lipinski definition) is 0. The first-order valence-electron chi connectivity index (χ1n) is 4.73. The quantitative estimate of drug-likeness (QED) is 0.482. The van der Waals surface area contributed by atoms with Gasteiger partial charge in [0.25, 0.3) is 0 Å². The Bertz CT molecular complexity index is 745. The third kappa shape index (κ3) is 1.69. The molecule has 0 saturated heterocycles. The van der Waals surface area contributed by atoms with Crippen molar-refractivity contribution in [2.45, 2.75) is 0 Å². The fraction of sp³-hybridized carbons (Fsp3) is 0. The number of benzene rings is 2. The normalized spacial score (nSPS) is 11.5. The zero-order valence-electron chi connectivity index (χ0n) is 8.23. The summed E-state index contributed by atoms with van der Waals surface area (Å²) in [5, 5.41) is 3.52. The van der Waals surface area contributed by atoms with Gasteiger partial charge in [0.05, 0.1) is 15.1 Å². The van der Waals surface area contributed by atoms with Crippen LogP contribution in [0.15, 0.2) is 28.7 Å². The van der Waals surface area contributed by atoms with Crippen LogP contribution in [0.5, 0.6) is 0 Å². The van der Waals surface area contributed by atoms with Crippen LogP contribution in [0.25, 0.3) is 21.9 Å². The lowest BCUT2D eigenvalue weighted by molar-refractivity contribution is 0.669. The fourth-order valence-corrected chi connectivity index (χ4v) is 2.81. The smallest absolute Gasteiger partial charge is 0.155 e. The molecule has 86 valence electrons. The molecular formula is C12H4Cl4O. The zero-order chi connectivity index (χ0) is 12.2. The van der Waals surface area contributed by atoms with Gasteiger partial charge in [-0.15, -0.1) is 0 Å². The van der Waals surface area contributed by atoms with Crippen molar-refractivity contribution >= 4 is 68.3 Å². The van der Waals surface area contributed by atoms with Gasteiger partial charge in [0.1, 0.15) is 0 Å². The van der Waals surface area contributed by atoms with Crippen molar-refractivity contribution in [3.8, 4) is 0 Å². The number of halogens is 4. The first-order valence-corrected chi connectivity index (χ1v) is 6.24. The molecule has 0 spiro atoms. The van der Waals surface area contributed by atoms with E-state index >= 15 is 0 Å². The summed E-state index contributed by atoms with van der Waals surface area (Å²) >= 11 is 24.3. The molecule has 0 atom stereocenters. The Morgan fingerprint density at radius 3 is 2.24 bits per heavy atom. The molecule has 0 unspecified atom stereocenters. The number of fused-ring (bicyclic) bond motifs is 3. The van der Waals surface area contributed by atoms with Crippen molar-refractivity contribution in [1.82, 2.24) is 0 Å². The predicted molar refractivity (Wildman–Crippen MR) is 73.8 cm³/mol. The third-order valence-electron chi connectivity index (χ3n) is 2.54. The Hall–Kier alpha value is -0.600. The Morgan fingerprint density at radius 1 is 0.765 bits per heavy atom. The van der Waals surface area contributed by atoms with Crippen molar-refractivity contribution in [2.24, 2.45) is 0 Å². The molecule has 3 rings (SSSR count). The van der Waals surface area contributed by atoms with Gasteiger partial charge in [0.15, 0.2) is 11.2 Å². The molecule has 1 nitrogen and oxygen atoms in total. The molecule has 5 heteroatoms. The first-order chi connectivity index (χ1) is 8.08. The minimum absolute atomic E-state index is 0.441. The van der Waals surface area contributed by atoms with Gasteiger partial charge in [-0.3, -0.25) is 0 Å². The molecule has 0 fully saturated rings. The van der Waals surface area contributed by atoms with Gasteiger partial charge >= 0.3 is 0 Å². The van der Waals surface area contributed by atoms with Gasteiger partial charge in [-0.1, -0.05) is 46.4 Å². The maximum absolute atomic E-state index is 6.15. The maximum Gasteiger partial charge on any atom is 0.155 e. The van der Waals surface area contributed by atoms with Crippen LogP contribution in [0.4, 0.5) is 0 Å². The van der Waals surface area contributed by atoms with Gasteiger partial charge in [-0.2, -0.15) is 0 Å². The summed E-state index contributed by atoms with van der Waals surface area (Å²) in [6.07, 6.45) is 0. The zero-order valence-corrected chi connectivity index (χ0v) is 11.3. The second-order valence-corrected chi connectivity index (χ2v) is 5.26. The Kier molecular flexibility index (Phi) is 2.68. The minimum Gasteiger partial charge on any atom is -0.453 e.